The van der Waals surface area contributed by atoms with Gasteiger partial charge in [0, 0.05) is 7.11 Å². The summed E-state index contributed by atoms with van der Waals surface area (Å²) in [5, 5.41) is 2.81. The second kappa shape index (κ2) is 8.93. The van der Waals surface area contributed by atoms with Crippen molar-refractivity contribution < 1.29 is 38.1 Å². The predicted octanol–water partition coefficient (Wildman–Crippen LogP) is -1.28. The van der Waals surface area contributed by atoms with E-state index in [2.05, 4.69) is 16.6 Å². The topological polar surface area (TPSA) is 109 Å². The van der Waals surface area contributed by atoms with Gasteiger partial charge in [0.1, 0.15) is 18.8 Å². The molecule has 1 aliphatic heterocycles. The summed E-state index contributed by atoms with van der Waals surface area (Å²) in [7, 11) is 1.39. The first-order valence-electron chi connectivity index (χ1n) is 6.02. The second-order valence-electron chi connectivity index (χ2n) is 4.00. The van der Waals surface area contributed by atoms with Crippen molar-refractivity contribution in [2.75, 3.05) is 13.7 Å². The zero-order chi connectivity index (χ0) is 15.7. The maximum Gasteiger partial charge on any atom is 0.293 e. The van der Waals surface area contributed by atoms with Crippen LogP contribution in [0.4, 0.5) is 0 Å². The Morgan fingerprint density at radius 3 is 2.33 bits per heavy atom. The molecule has 1 unspecified atom stereocenters. The molecule has 0 spiro atoms. The molecular weight excluding hydrogens is 286 g/mol. The highest BCUT2D eigenvalue weighted by atomic mass is 16.7. The largest absolute Gasteiger partial charge is 0.465 e. The van der Waals surface area contributed by atoms with Crippen molar-refractivity contribution in [3.8, 4) is 0 Å². The van der Waals surface area contributed by atoms with Gasteiger partial charge in [0.15, 0.2) is 18.5 Å². The summed E-state index contributed by atoms with van der Waals surface area (Å²) < 4.78 is 25.2. The fraction of sp³-hybridized carbons (Fsp3) is 0.583. The summed E-state index contributed by atoms with van der Waals surface area (Å²) in [6.07, 6.45) is -2.21. The third-order valence-corrected chi connectivity index (χ3v) is 2.94. The molecule has 0 aromatic rings. The number of nitrogens with one attached hydrogen (secondary N) is 1. The van der Waals surface area contributed by atoms with Crippen LogP contribution in [0, 0.1) is 0 Å². The highest BCUT2D eigenvalue weighted by molar-refractivity contribution is 5.40. The molecular formula is C12H17NO8. The van der Waals surface area contributed by atoms with E-state index in [1.807, 2.05) is 0 Å². The molecule has 118 valence electrons. The standard InChI is InChI=1S/C12H17NO8/c1-3-13-9-11(20-7-16)10(19-6-15)8(4-18-5-14)21-12(9)17-2/h3,5-13H,1,4H2,2H3/t8-,9-,10+,11-,12?/m1/s1. The normalized spacial score (nSPS) is 31.6. The molecule has 1 saturated heterocycles. The highest BCUT2D eigenvalue weighted by Crippen LogP contribution is 2.26. The van der Waals surface area contributed by atoms with Crippen molar-refractivity contribution in [1.29, 1.82) is 0 Å². The van der Waals surface area contributed by atoms with Crippen molar-refractivity contribution in [2.24, 2.45) is 0 Å². The van der Waals surface area contributed by atoms with Crippen LogP contribution in [-0.2, 0) is 38.1 Å². The Kier molecular flexibility index (Phi) is 7.19. The number of carbonyl (C=O) groups is 3. The van der Waals surface area contributed by atoms with Gasteiger partial charge in [0.25, 0.3) is 19.4 Å². The summed E-state index contributed by atoms with van der Waals surface area (Å²) >= 11 is 0. The van der Waals surface area contributed by atoms with Crippen LogP contribution in [0.5, 0.6) is 0 Å². The average Bonchev–Trinajstić information content (AvgIpc) is 2.49. The first-order valence-corrected chi connectivity index (χ1v) is 6.02. The molecule has 0 bridgehead atoms. The Hall–Kier alpha value is -2.13. The minimum Gasteiger partial charge on any atom is -0.465 e. The zero-order valence-corrected chi connectivity index (χ0v) is 11.4. The maximum absolute atomic E-state index is 10.7. The number of rotatable bonds is 10. The lowest BCUT2D eigenvalue weighted by molar-refractivity contribution is -0.266. The number of hydrogen-bond donors (Lipinski definition) is 1. The maximum atomic E-state index is 10.7. The van der Waals surface area contributed by atoms with E-state index in [-0.39, 0.29) is 26.0 Å². The number of methoxy groups -OCH3 is 1. The summed E-state index contributed by atoms with van der Waals surface area (Å²) in [4.78, 5) is 31.7. The van der Waals surface area contributed by atoms with Crippen molar-refractivity contribution in [2.45, 2.75) is 30.6 Å². The third-order valence-electron chi connectivity index (χ3n) is 2.94. The van der Waals surface area contributed by atoms with E-state index in [1.54, 1.807) is 0 Å². The lowest BCUT2D eigenvalue weighted by Crippen LogP contribution is -2.64. The van der Waals surface area contributed by atoms with Crippen LogP contribution >= 0.6 is 0 Å². The van der Waals surface area contributed by atoms with E-state index in [0.717, 1.165) is 0 Å². The molecule has 1 aliphatic rings. The molecule has 0 amide bonds. The summed E-state index contributed by atoms with van der Waals surface area (Å²) in [5.74, 6) is 0. The number of ether oxygens (including phenoxy) is 5. The Morgan fingerprint density at radius 2 is 1.81 bits per heavy atom. The molecule has 1 rings (SSSR count). The Morgan fingerprint density at radius 1 is 1.14 bits per heavy atom. The molecule has 1 fully saturated rings. The lowest BCUT2D eigenvalue weighted by atomic mass is 9.96. The molecule has 0 saturated carbocycles. The number of carbonyl (C=O) groups excluding carboxylic acids is 3. The van der Waals surface area contributed by atoms with E-state index in [9.17, 15) is 14.4 Å². The van der Waals surface area contributed by atoms with Gasteiger partial charge in [-0.2, -0.15) is 0 Å². The fourth-order valence-electron chi connectivity index (χ4n) is 2.14. The summed E-state index contributed by atoms with van der Waals surface area (Å²) in [6.45, 7) is 3.96. The van der Waals surface area contributed by atoms with Gasteiger partial charge in [-0.1, -0.05) is 6.58 Å². The van der Waals surface area contributed by atoms with Crippen LogP contribution in [0.15, 0.2) is 12.8 Å². The molecule has 21 heavy (non-hydrogen) atoms. The van der Waals surface area contributed by atoms with Crippen LogP contribution < -0.4 is 5.32 Å². The molecule has 5 atom stereocenters. The van der Waals surface area contributed by atoms with Gasteiger partial charge < -0.3 is 29.0 Å². The van der Waals surface area contributed by atoms with Gasteiger partial charge in [-0.3, -0.25) is 14.4 Å². The molecule has 1 heterocycles. The summed E-state index contributed by atoms with van der Waals surface area (Å²) in [6, 6.07) is -0.657. The predicted molar refractivity (Wildman–Crippen MR) is 66.7 cm³/mol. The lowest BCUT2D eigenvalue weighted by Gasteiger charge is -2.43. The quantitative estimate of drug-likeness (QED) is 0.389. The van der Waals surface area contributed by atoms with Crippen LogP contribution in [0.2, 0.25) is 0 Å². The van der Waals surface area contributed by atoms with Crippen molar-refractivity contribution in [3.63, 3.8) is 0 Å². The smallest absolute Gasteiger partial charge is 0.293 e. The highest BCUT2D eigenvalue weighted by Gasteiger charge is 2.49. The minimum atomic E-state index is -0.975. The van der Waals surface area contributed by atoms with Gasteiger partial charge in [-0.25, -0.2) is 0 Å². The summed E-state index contributed by atoms with van der Waals surface area (Å²) in [5.41, 5.74) is 0. The zero-order valence-electron chi connectivity index (χ0n) is 11.4. The fourth-order valence-corrected chi connectivity index (χ4v) is 2.14. The van der Waals surface area contributed by atoms with Crippen LogP contribution in [0.3, 0.4) is 0 Å². The second-order valence-corrected chi connectivity index (χ2v) is 4.00. The Balaban J connectivity index is 3.01. The Bertz CT molecular complexity index is 363. The number of hydrogen-bond acceptors (Lipinski definition) is 9. The van der Waals surface area contributed by atoms with Crippen LogP contribution in [-0.4, -0.2) is 63.8 Å². The molecule has 9 heteroatoms. The van der Waals surface area contributed by atoms with Crippen LogP contribution in [0.1, 0.15) is 0 Å². The van der Waals surface area contributed by atoms with Crippen molar-refractivity contribution in [1.82, 2.24) is 5.32 Å². The minimum absolute atomic E-state index is 0.193. The van der Waals surface area contributed by atoms with Crippen LogP contribution in [0.25, 0.3) is 0 Å². The molecule has 9 nitrogen and oxygen atoms in total. The van der Waals surface area contributed by atoms with Gasteiger partial charge >= 0.3 is 0 Å². The molecule has 1 N–H and O–H groups in total. The monoisotopic (exact) mass is 303 g/mol. The van der Waals surface area contributed by atoms with Crippen molar-refractivity contribution in [3.05, 3.63) is 12.8 Å². The first kappa shape index (κ1) is 16.9. The van der Waals surface area contributed by atoms with Gasteiger partial charge in [-0.05, 0) is 6.20 Å². The van der Waals surface area contributed by atoms with E-state index in [4.69, 9.17) is 18.9 Å². The van der Waals surface area contributed by atoms with Gasteiger partial charge in [0.2, 0.25) is 0 Å². The SMILES string of the molecule is C=CN[C@H]1C(OC)O[C@H](COC=O)[C@H](OC=O)[C@@H]1OC=O. The van der Waals surface area contributed by atoms with E-state index >= 15 is 0 Å². The average molecular weight is 303 g/mol. The molecule has 0 aromatic heterocycles. The van der Waals surface area contributed by atoms with Gasteiger partial charge in [-0.15, -0.1) is 0 Å². The third kappa shape index (κ3) is 4.17. The van der Waals surface area contributed by atoms with E-state index < -0.39 is 30.6 Å². The molecule has 0 aromatic carbocycles. The molecule has 0 radical (unpaired) electrons. The van der Waals surface area contributed by atoms with Gasteiger partial charge in [0.05, 0.1) is 0 Å². The van der Waals surface area contributed by atoms with E-state index in [1.165, 1.54) is 13.3 Å². The Labute approximate surface area is 121 Å². The molecule has 0 aliphatic carbocycles. The van der Waals surface area contributed by atoms with E-state index in [0.29, 0.717) is 0 Å². The van der Waals surface area contributed by atoms with Crippen molar-refractivity contribution >= 4 is 19.4 Å². The first-order chi connectivity index (χ1) is 10.2.